The first-order valence-electron chi connectivity index (χ1n) is 8.08. The number of rotatable bonds is 13. The number of unbranched alkanes of at least 4 members (excludes halogenated alkanes) is 6. The Kier molecular flexibility index (Phi) is 15.2. The molecule has 20 heavy (non-hydrogen) atoms. The fourth-order valence-corrected chi connectivity index (χ4v) is 1.84. The van der Waals surface area contributed by atoms with Crippen molar-refractivity contribution < 1.29 is 9.90 Å². The van der Waals surface area contributed by atoms with Crippen molar-refractivity contribution in [1.82, 2.24) is 10.6 Å². The van der Waals surface area contributed by atoms with Gasteiger partial charge >= 0.3 is 6.03 Å². The van der Waals surface area contributed by atoms with Crippen molar-refractivity contribution in [3.8, 4) is 0 Å². The number of hydrogen-bond donors (Lipinski definition) is 3. The highest BCUT2D eigenvalue weighted by Crippen LogP contribution is 2.00. The molecule has 2 amide bonds. The van der Waals surface area contributed by atoms with Gasteiger partial charge in [0, 0.05) is 19.7 Å². The quantitative estimate of drug-likeness (QED) is 0.359. The summed E-state index contributed by atoms with van der Waals surface area (Å²) in [6, 6.07) is -0.0411. The van der Waals surface area contributed by atoms with Crippen LogP contribution >= 0.6 is 0 Å². The lowest BCUT2D eigenvalue weighted by Gasteiger charge is -2.06. The number of amides is 2. The molecule has 0 aliphatic heterocycles. The predicted molar refractivity (Wildman–Crippen MR) is 84.9 cm³/mol. The molecule has 0 atom stereocenters. The maximum atomic E-state index is 11.4. The van der Waals surface area contributed by atoms with Gasteiger partial charge in [-0.05, 0) is 44.9 Å². The molecule has 0 aromatic rings. The smallest absolute Gasteiger partial charge is 0.314 e. The summed E-state index contributed by atoms with van der Waals surface area (Å²) in [6.45, 7) is 3.97. The molecule has 118 valence electrons. The fourth-order valence-electron chi connectivity index (χ4n) is 1.84. The SMILES string of the molecule is CCCCCNC(=O)NCCCC/C=C\CCCCO. The van der Waals surface area contributed by atoms with Crippen LogP contribution in [-0.4, -0.2) is 30.8 Å². The van der Waals surface area contributed by atoms with Crippen molar-refractivity contribution in [2.75, 3.05) is 19.7 Å². The van der Waals surface area contributed by atoms with Crippen molar-refractivity contribution in [2.24, 2.45) is 0 Å². The van der Waals surface area contributed by atoms with Crippen molar-refractivity contribution in [2.45, 2.75) is 64.7 Å². The maximum Gasteiger partial charge on any atom is 0.314 e. The minimum Gasteiger partial charge on any atom is -0.396 e. The average Bonchev–Trinajstić information content (AvgIpc) is 2.45. The molecule has 0 aromatic carbocycles. The summed E-state index contributed by atoms with van der Waals surface area (Å²) in [5.74, 6) is 0. The number of aliphatic hydroxyl groups excluding tert-OH is 1. The topological polar surface area (TPSA) is 61.4 Å². The van der Waals surface area contributed by atoms with Crippen LogP contribution in [0.25, 0.3) is 0 Å². The normalized spacial score (nSPS) is 10.9. The zero-order chi connectivity index (χ0) is 14.9. The van der Waals surface area contributed by atoms with E-state index in [1.165, 1.54) is 12.8 Å². The Labute approximate surface area is 124 Å². The molecule has 0 saturated heterocycles. The molecule has 0 aliphatic carbocycles. The number of hydrogen-bond acceptors (Lipinski definition) is 2. The monoisotopic (exact) mass is 284 g/mol. The summed E-state index contributed by atoms with van der Waals surface area (Å²) >= 11 is 0. The Bertz CT molecular complexity index is 243. The lowest BCUT2D eigenvalue weighted by atomic mass is 10.2. The third-order valence-electron chi connectivity index (χ3n) is 3.09. The lowest BCUT2D eigenvalue weighted by Crippen LogP contribution is -2.36. The number of carbonyl (C=O) groups excluding carboxylic acids is 1. The van der Waals surface area contributed by atoms with Crippen LogP contribution in [0.15, 0.2) is 12.2 Å². The van der Waals surface area contributed by atoms with Crippen LogP contribution in [-0.2, 0) is 0 Å². The Morgan fingerprint density at radius 3 is 2.00 bits per heavy atom. The number of carbonyl (C=O) groups is 1. The molecule has 0 rings (SSSR count). The van der Waals surface area contributed by atoms with E-state index >= 15 is 0 Å². The Hall–Kier alpha value is -1.03. The number of nitrogens with one attached hydrogen (secondary N) is 2. The summed E-state index contributed by atoms with van der Waals surface area (Å²) < 4.78 is 0. The first kappa shape index (κ1) is 19.0. The van der Waals surface area contributed by atoms with E-state index in [1.807, 2.05) is 0 Å². The third-order valence-corrected chi connectivity index (χ3v) is 3.09. The minimum absolute atomic E-state index is 0.0411. The van der Waals surface area contributed by atoms with Gasteiger partial charge in [0.1, 0.15) is 0 Å². The van der Waals surface area contributed by atoms with Gasteiger partial charge in [-0.25, -0.2) is 4.79 Å². The van der Waals surface area contributed by atoms with E-state index in [1.54, 1.807) is 0 Å². The first-order chi connectivity index (χ1) is 9.81. The van der Waals surface area contributed by atoms with Crippen LogP contribution in [0.4, 0.5) is 4.79 Å². The molecule has 0 aliphatic rings. The fraction of sp³-hybridized carbons (Fsp3) is 0.812. The molecule has 0 fully saturated rings. The highest BCUT2D eigenvalue weighted by atomic mass is 16.2. The second-order valence-corrected chi connectivity index (χ2v) is 5.08. The summed E-state index contributed by atoms with van der Waals surface area (Å²) in [7, 11) is 0. The Morgan fingerprint density at radius 1 is 0.900 bits per heavy atom. The van der Waals surface area contributed by atoms with Crippen LogP contribution in [0.5, 0.6) is 0 Å². The van der Waals surface area contributed by atoms with Gasteiger partial charge in [-0.15, -0.1) is 0 Å². The number of allylic oxidation sites excluding steroid dienone is 2. The summed E-state index contributed by atoms with van der Waals surface area (Å²) in [6.07, 6.45) is 14.0. The van der Waals surface area contributed by atoms with Crippen molar-refractivity contribution in [1.29, 1.82) is 0 Å². The number of urea groups is 1. The highest BCUT2D eigenvalue weighted by Gasteiger charge is 1.97. The molecule has 0 radical (unpaired) electrons. The summed E-state index contributed by atoms with van der Waals surface area (Å²) in [5, 5.41) is 14.4. The van der Waals surface area contributed by atoms with E-state index in [-0.39, 0.29) is 6.03 Å². The molecule has 3 N–H and O–H groups in total. The summed E-state index contributed by atoms with van der Waals surface area (Å²) in [4.78, 5) is 11.4. The van der Waals surface area contributed by atoms with Gasteiger partial charge in [-0.3, -0.25) is 0 Å². The van der Waals surface area contributed by atoms with E-state index < -0.39 is 0 Å². The molecule has 0 unspecified atom stereocenters. The molecule has 0 aromatic heterocycles. The van der Waals surface area contributed by atoms with Gasteiger partial charge in [0.05, 0.1) is 0 Å². The van der Waals surface area contributed by atoms with Crippen molar-refractivity contribution in [3.63, 3.8) is 0 Å². The lowest BCUT2D eigenvalue weighted by molar-refractivity contribution is 0.240. The zero-order valence-electron chi connectivity index (χ0n) is 13.0. The molecule has 0 heterocycles. The second-order valence-electron chi connectivity index (χ2n) is 5.08. The largest absolute Gasteiger partial charge is 0.396 e. The number of aliphatic hydroxyl groups is 1. The van der Waals surface area contributed by atoms with E-state index in [4.69, 9.17) is 5.11 Å². The van der Waals surface area contributed by atoms with E-state index in [9.17, 15) is 4.79 Å². The van der Waals surface area contributed by atoms with Gasteiger partial charge in [0.2, 0.25) is 0 Å². The predicted octanol–water partition coefficient (Wildman–Crippen LogP) is 3.36. The molecule has 4 nitrogen and oxygen atoms in total. The van der Waals surface area contributed by atoms with Crippen LogP contribution in [0, 0.1) is 0 Å². The van der Waals surface area contributed by atoms with Crippen LogP contribution in [0.1, 0.15) is 64.7 Å². The van der Waals surface area contributed by atoms with Crippen LogP contribution in [0.3, 0.4) is 0 Å². The molecule has 0 bridgehead atoms. The van der Waals surface area contributed by atoms with Gasteiger partial charge in [0.15, 0.2) is 0 Å². The standard InChI is InChI=1S/C16H32N2O2/c1-2-3-10-13-17-16(20)18-14-11-8-6-4-5-7-9-12-15-19/h4-5,19H,2-3,6-15H2,1H3,(H2,17,18,20)/b5-4-. The van der Waals surface area contributed by atoms with Gasteiger partial charge < -0.3 is 15.7 Å². The molecule has 0 saturated carbocycles. The second kappa shape index (κ2) is 16.0. The zero-order valence-corrected chi connectivity index (χ0v) is 13.0. The molecular formula is C16H32N2O2. The minimum atomic E-state index is -0.0411. The van der Waals surface area contributed by atoms with E-state index in [0.717, 1.165) is 58.0 Å². The summed E-state index contributed by atoms with van der Waals surface area (Å²) in [5.41, 5.74) is 0. The highest BCUT2D eigenvalue weighted by molar-refractivity contribution is 5.73. The van der Waals surface area contributed by atoms with E-state index in [2.05, 4.69) is 29.7 Å². The molecule has 4 heteroatoms. The Balaban J connectivity index is 3.20. The Morgan fingerprint density at radius 2 is 1.45 bits per heavy atom. The van der Waals surface area contributed by atoms with Gasteiger partial charge in [0.25, 0.3) is 0 Å². The maximum absolute atomic E-state index is 11.4. The average molecular weight is 284 g/mol. The van der Waals surface area contributed by atoms with Crippen molar-refractivity contribution in [3.05, 3.63) is 12.2 Å². The first-order valence-corrected chi connectivity index (χ1v) is 8.08. The molecular weight excluding hydrogens is 252 g/mol. The van der Waals surface area contributed by atoms with Gasteiger partial charge in [-0.1, -0.05) is 31.9 Å². The van der Waals surface area contributed by atoms with Gasteiger partial charge in [-0.2, -0.15) is 0 Å². The van der Waals surface area contributed by atoms with Crippen LogP contribution < -0.4 is 10.6 Å². The van der Waals surface area contributed by atoms with Crippen LogP contribution in [0.2, 0.25) is 0 Å². The van der Waals surface area contributed by atoms with E-state index in [0.29, 0.717) is 6.61 Å². The van der Waals surface area contributed by atoms with Crippen molar-refractivity contribution >= 4 is 6.03 Å². The third kappa shape index (κ3) is 15.0. The molecule has 0 spiro atoms.